The molecule has 11 heavy (non-hydrogen) atoms. The van der Waals surface area contributed by atoms with Crippen molar-refractivity contribution < 1.29 is 9.53 Å². The van der Waals surface area contributed by atoms with Gasteiger partial charge in [0.1, 0.15) is 6.54 Å². The average Bonchev–Trinajstić information content (AvgIpc) is 2.00. The Morgan fingerprint density at radius 2 is 2.45 bits per heavy atom. The van der Waals surface area contributed by atoms with Crippen LogP contribution in [-0.4, -0.2) is 19.6 Å². The van der Waals surface area contributed by atoms with Crippen LogP contribution in [-0.2, 0) is 9.53 Å². The first kappa shape index (κ1) is 9.50. The van der Waals surface area contributed by atoms with Crippen LogP contribution in [0.15, 0.2) is 11.8 Å². The van der Waals surface area contributed by atoms with Crippen molar-refractivity contribution in [2.45, 2.75) is 6.92 Å². The van der Waals surface area contributed by atoms with Crippen molar-refractivity contribution in [1.82, 2.24) is 5.32 Å². The quantitative estimate of drug-likeness (QED) is 0.358. The predicted octanol–water partition coefficient (Wildman–Crippen LogP) is 0.176. The number of carbonyl (C=O) groups is 1. The Kier molecular flexibility index (Phi) is 4.58. The van der Waals surface area contributed by atoms with Crippen molar-refractivity contribution in [3.8, 4) is 6.07 Å². The molecule has 4 nitrogen and oxygen atoms in total. The van der Waals surface area contributed by atoms with Gasteiger partial charge in [-0.05, 0) is 6.92 Å². The second kappa shape index (κ2) is 5.30. The fourth-order valence-corrected chi connectivity index (χ4v) is 0.466. The largest absolute Gasteiger partial charge is 0.466 e. The van der Waals surface area contributed by atoms with Crippen LogP contribution >= 0.6 is 0 Å². The smallest absolute Gasteiger partial charge is 0.332 e. The van der Waals surface area contributed by atoms with Crippen molar-refractivity contribution in [3.05, 3.63) is 11.8 Å². The molecule has 60 valence electrons. The molecule has 0 rings (SSSR count). The summed E-state index contributed by atoms with van der Waals surface area (Å²) >= 11 is 0. The van der Waals surface area contributed by atoms with E-state index in [1.807, 2.05) is 6.07 Å². The Bertz CT molecular complexity index is 203. The third-order valence-corrected chi connectivity index (χ3v) is 0.982. The number of nitriles is 1. The zero-order valence-corrected chi connectivity index (χ0v) is 6.55. The van der Waals surface area contributed by atoms with E-state index in [2.05, 4.69) is 10.1 Å². The third kappa shape index (κ3) is 4.97. The van der Waals surface area contributed by atoms with Gasteiger partial charge in [0.15, 0.2) is 0 Å². The van der Waals surface area contributed by atoms with E-state index in [-0.39, 0.29) is 6.54 Å². The van der Waals surface area contributed by atoms with Crippen molar-refractivity contribution in [2.75, 3.05) is 13.7 Å². The number of allylic oxidation sites excluding steroid dienone is 1. The van der Waals surface area contributed by atoms with Crippen LogP contribution in [0.1, 0.15) is 6.92 Å². The molecule has 0 spiro atoms. The van der Waals surface area contributed by atoms with Gasteiger partial charge < -0.3 is 10.1 Å². The SMILES string of the molecule is COC(=O)C=C(C)NCC#N. The van der Waals surface area contributed by atoms with E-state index in [4.69, 9.17) is 5.26 Å². The molecule has 4 heteroatoms. The first-order valence-electron chi connectivity index (χ1n) is 3.07. The van der Waals surface area contributed by atoms with E-state index < -0.39 is 5.97 Å². The monoisotopic (exact) mass is 154 g/mol. The van der Waals surface area contributed by atoms with Crippen LogP contribution in [0.2, 0.25) is 0 Å². The number of ether oxygens (including phenoxy) is 1. The summed E-state index contributed by atoms with van der Waals surface area (Å²) in [4.78, 5) is 10.6. The standard InChI is InChI=1S/C7H10N2O2/c1-6(9-4-3-8)5-7(10)11-2/h5,9H,4H2,1-2H3. The number of hydrogen-bond acceptors (Lipinski definition) is 4. The molecule has 0 atom stereocenters. The summed E-state index contributed by atoms with van der Waals surface area (Å²) in [7, 11) is 1.30. The van der Waals surface area contributed by atoms with E-state index in [0.717, 1.165) is 0 Å². The molecule has 1 N–H and O–H groups in total. The zero-order valence-electron chi connectivity index (χ0n) is 6.55. The molecule has 0 saturated carbocycles. The highest BCUT2D eigenvalue weighted by molar-refractivity contribution is 5.82. The highest BCUT2D eigenvalue weighted by Gasteiger charge is 1.94. The summed E-state index contributed by atoms with van der Waals surface area (Å²) in [6.07, 6.45) is 1.29. The number of methoxy groups -OCH3 is 1. The normalized spacial score (nSPS) is 10.1. The molecule has 0 unspecified atom stereocenters. The van der Waals surface area contributed by atoms with Gasteiger partial charge in [0.2, 0.25) is 0 Å². The van der Waals surface area contributed by atoms with Crippen molar-refractivity contribution >= 4 is 5.97 Å². The molecular formula is C7H10N2O2. The summed E-state index contributed by atoms with van der Waals surface area (Å²) in [5.74, 6) is -0.423. The molecule has 0 heterocycles. The Morgan fingerprint density at radius 3 is 2.91 bits per heavy atom. The minimum Gasteiger partial charge on any atom is -0.466 e. The molecule has 0 aliphatic heterocycles. The zero-order chi connectivity index (χ0) is 8.69. The highest BCUT2D eigenvalue weighted by atomic mass is 16.5. The number of rotatable bonds is 3. The summed E-state index contributed by atoms with van der Waals surface area (Å²) < 4.78 is 4.36. The van der Waals surface area contributed by atoms with Crippen LogP contribution in [0.25, 0.3) is 0 Å². The summed E-state index contributed by atoms with van der Waals surface area (Å²) in [6.45, 7) is 1.88. The van der Waals surface area contributed by atoms with Gasteiger partial charge in [-0.1, -0.05) is 0 Å². The Balaban J connectivity index is 3.82. The minimum absolute atomic E-state index is 0.194. The first-order chi connectivity index (χ1) is 5.20. The van der Waals surface area contributed by atoms with Crippen LogP contribution in [0.4, 0.5) is 0 Å². The van der Waals surface area contributed by atoms with Gasteiger partial charge in [0, 0.05) is 11.8 Å². The molecule has 0 bridgehead atoms. The van der Waals surface area contributed by atoms with Crippen molar-refractivity contribution in [1.29, 1.82) is 5.26 Å². The van der Waals surface area contributed by atoms with Gasteiger partial charge in [-0.3, -0.25) is 0 Å². The van der Waals surface area contributed by atoms with Crippen LogP contribution in [0.5, 0.6) is 0 Å². The number of esters is 1. The number of nitrogens with zero attached hydrogens (tertiary/aromatic N) is 1. The fourth-order valence-electron chi connectivity index (χ4n) is 0.466. The van der Waals surface area contributed by atoms with E-state index in [1.165, 1.54) is 13.2 Å². The molecule has 0 fully saturated rings. The molecule has 0 saturated heterocycles. The maximum atomic E-state index is 10.6. The van der Waals surface area contributed by atoms with E-state index in [0.29, 0.717) is 5.70 Å². The maximum absolute atomic E-state index is 10.6. The van der Waals surface area contributed by atoms with Gasteiger partial charge in [-0.15, -0.1) is 0 Å². The second-order valence-corrected chi connectivity index (χ2v) is 1.86. The van der Waals surface area contributed by atoms with Crippen molar-refractivity contribution in [3.63, 3.8) is 0 Å². The molecule has 0 amide bonds. The van der Waals surface area contributed by atoms with Gasteiger partial charge in [0.25, 0.3) is 0 Å². The number of hydrogen-bond donors (Lipinski definition) is 1. The third-order valence-electron chi connectivity index (χ3n) is 0.982. The highest BCUT2D eigenvalue weighted by Crippen LogP contribution is 1.86. The second-order valence-electron chi connectivity index (χ2n) is 1.86. The lowest BCUT2D eigenvalue weighted by atomic mass is 10.4. The molecule has 0 radical (unpaired) electrons. The average molecular weight is 154 g/mol. The predicted molar refractivity (Wildman–Crippen MR) is 39.4 cm³/mol. The number of carbonyl (C=O) groups excluding carboxylic acids is 1. The molecule has 0 aromatic heterocycles. The van der Waals surface area contributed by atoms with Gasteiger partial charge in [0.05, 0.1) is 13.2 Å². The topological polar surface area (TPSA) is 62.1 Å². The summed E-state index contributed by atoms with van der Waals surface area (Å²) in [6, 6.07) is 1.89. The first-order valence-corrected chi connectivity index (χ1v) is 3.07. The van der Waals surface area contributed by atoms with E-state index in [9.17, 15) is 4.79 Å². The lowest BCUT2D eigenvalue weighted by molar-refractivity contribution is -0.134. The van der Waals surface area contributed by atoms with Crippen LogP contribution < -0.4 is 5.32 Å². The van der Waals surface area contributed by atoms with Gasteiger partial charge in [-0.2, -0.15) is 5.26 Å². The fraction of sp³-hybridized carbons (Fsp3) is 0.429. The van der Waals surface area contributed by atoms with Crippen molar-refractivity contribution in [2.24, 2.45) is 0 Å². The minimum atomic E-state index is -0.423. The Hall–Kier alpha value is -1.50. The lowest BCUT2D eigenvalue weighted by Crippen LogP contribution is -2.12. The maximum Gasteiger partial charge on any atom is 0.332 e. The molecule has 0 aromatic rings. The Morgan fingerprint density at radius 1 is 1.82 bits per heavy atom. The summed E-state index contributed by atoms with van der Waals surface area (Å²) in [5.41, 5.74) is 0.624. The number of nitrogens with one attached hydrogen (secondary N) is 1. The van der Waals surface area contributed by atoms with E-state index >= 15 is 0 Å². The molecule has 0 aliphatic rings. The Labute approximate surface area is 65.5 Å². The molecule has 0 aliphatic carbocycles. The van der Waals surface area contributed by atoms with Gasteiger partial charge in [-0.25, -0.2) is 4.79 Å². The molecule has 0 aromatic carbocycles. The van der Waals surface area contributed by atoms with Gasteiger partial charge >= 0.3 is 5.97 Å². The van der Waals surface area contributed by atoms with Crippen LogP contribution in [0.3, 0.4) is 0 Å². The van der Waals surface area contributed by atoms with E-state index in [1.54, 1.807) is 6.92 Å². The van der Waals surface area contributed by atoms with Crippen LogP contribution in [0, 0.1) is 11.3 Å². The summed E-state index contributed by atoms with van der Waals surface area (Å²) in [5, 5.41) is 10.8. The molecular weight excluding hydrogens is 144 g/mol. The lowest BCUT2D eigenvalue weighted by Gasteiger charge is -1.98.